The number of nitrogens with zero attached hydrogens (tertiary/aromatic N) is 1. The van der Waals surface area contributed by atoms with Crippen LogP contribution in [0.4, 0.5) is 0 Å². The average Bonchev–Trinajstić information content (AvgIpc) is 1.90. The predicted molar refractivity (Wildman–Crippen MR) is 38.9 cm³/mol. The number of rotatable bonds is 1. The molecule has 0 aromatic heterocycles. The fourth-order valence-electron chi connectivity index (χ4n) is 0.813. The molecule has 3 heteroatoms. The molecule has 1 fully saturated rings. The summed E-state index contributed by atoms with van der Waals surface area (Å²) in [5.74, 6) is 0. The lowest BCUT2D eigenvalue weighted by Gasteiger charge is -2.34. The third-order valence-electron chi connectivity index (χ3n) is 1.36. The van der Waals surface area contributed by atoms with E-state index in [1.807, 2.05) is 0 Å². The third-order valence-corrected chi connectivity index (χ3v) is 1.62. The highest BCUT2D eigenvalue weighted by atomic mass is 32.1. The highest BCUT2D eigenvalue weighted by molar-refractivity contribution is 7.63. The fourth-order valence-corrected chi connectivity index (χ4v) is 0.995. The highest BCUT2D eigenvalue weighted by Gasteiger charge is 2.04. The van der Waals surface area contributed by atoms with Crippen LogP contribution < -0.4 is 0 Å². The second-order valence-electron chi connectivity index (χ2n) is 1.99. The van der Waals surface area contributed by atoms with Gasteiger partial charge in [0, 0.05) is 13.1 Å². The Morgan fingerprint density at radius 1 is 1.44 bits per heavy atom. The van der Waals surface area contributed by atoms with E-state index in [-0.39, 0.29) is 0 Å². The molecule has 0 amide bonds. The quantitative estimate of drug-likeness (QED) is 0.492. The Morgan fingerprint density at radius 2 is 2.00 bits per heavy atom. The minimum Gasteiger partial charge on any atom is -0.763 e. The maximum atomic E-state index is 5.12. The zero-order valence-electron chi connectivity index (χ0n) is 5.30. The zero-order valence-corrected chi connectivity index (χ0v) is 6.12. The lowest BCUT2D eigenvalue weighted by Crippen LogP contribution is -2.34. The van der Waals surface area contributed by atoms with Crippen molar-refractivity contribution in [3.05, 3.63) is 11.6 Å². The van der Waals surface area contributed by atoms with Gasteiger partial charge in [-0.1, -0.05) is 0 Å². The van der Waals surface area contributed by atoms with Crippen molar-refractivity contribution in [1.82, 2.24) is 4.90 Å². The van der Waals surface area contributed by atoms with Crippen molar-refractivity contribution < 1.29 is 4.74 Å². The Morgan fingerprint density at radius 3 is 2.33 bits per heavy atom. The topological polar surface area (TPSA) is 12.5 Å². The fraction of sp³-hybridized carbons (Fsp3) is 0.667. The summed E-state index contributed by atoms with van der Waals surface area (Å²) in [4.78, 5) is 2.05. The van der Waals surface area contributed by atoms with Crippen molar-refractivity contribution >= 4 is 12.6 Å². The van der Waals surface area contributed by atoms with Crippen LogP contribution in [0.2, 0.25) is 0 Å². The van der Waals surface area contributed by atoms with Crippen LogP contribution in [0.5, 0.6) is 0 Å². The van der Waals surface area contributed by atoms with E-state index in [1.165, 1.54) is 0 Å². The second-order valence-corrected chi connectivity index (χ2v) is 2.46. The first-order chi connectivity index (χ1) is 4.30. The summed E-state index contributed by atoms with van der Waals surface area (Å²) in [6.45, 7) is 7.05. The van der Waals surface area contributed by atoms with Crippen LogP contribution in [0.1, 0.15) is 0 Å². The van der Waals surface area contributed by atoms with Crippen LogP contribution >= 0.6 is 0 Å². The van der Waals surface area contributed by atoms with Gasteiger partial charge in [0.15, 0.2) is 0 Å². The van der Waals surface area contributed by atoms with Crippen LogP contribution in [-0.4, -0.2) is 31.2 Å². The van der Waals surface area contributed by atoms with E-state index in [0.717, 1.165) is 31.3 Å². The molecule has 1 saturated heterocycles. The van der Waals surface area contributed by atoms with Gasteiger partial charge in [0.25, 0.3) is 0 Å². The van der Waals surface area contributed by atoms with Crippen LogP contribution in [-0.2, 0) is 17.4 Å². The first-order valence-corrected chi connectivity index (χ1v) is 3.40. The van der Waals surface area contributed by atoms with Crippen molar-refractivity contribution in [1.29, 1.82) is 0 Å². The highest BCUT2D eigenvalue weighted by Crippen LogP contribution is 2.02. The van der Waals surface area contributed by atoms with Gasteiger partial charge in [-0.2, -0.15) is 0 Å². The molecule has 1 heterocycles. The summed E-state index contributed by atoms with van der Waals surface area (Å²) >= 11 is 4.87. The Balaban J connectivity index is 2.31. The molecule has 0 bridgehead atoms. The first-order valence-electron chi connectivity index (χ1n) is 2.99. The van der Waals surface area contributed by atoms with Gasteiger partial charge in [0.2, 0.25) is 0 Å². The molecule has 1 aliphatic heterocycles. The summed E-state index contributed by atoms with van der Waals surface area (Å²) in [6.07, 6.45) is 0. The Kier molecular flexibility index (Phi) is 2.30. The normalized spacial score (nSPS) is 19.8. The minimum atomic E-state index is 0.735. The molecule has 0 aromatic rings. The van der Waals surface area contributed by atoms with E-state index in [4.69, 9.17) is 17.4 Å². The Labute approximate surface area is 60.9 Å². The zero-order chi connectivity index (χ0) is 6.69. The molecule has 0 unspecified atom stereocenters. The van der Waals surface area contributed by atoms with Gasteiger partial charge >= 0.3 is 0 Å². The molecule has 0 aliphatic carbocycles. The standard InChI is InChI=1S/C6H11NOS/c1-6(9)7-2-4-8-5-3-7/h9H,1-5H2/p-1. The molecule has 9 heavy (non-hydrogen) atoms. The number of morpholine rings is 1. The lowest BCUT2D eigenvalue weighted by molar-refractivity contribution is 0.0579. The summed E-state index contributed by atoms with van der Waals surface area (Å²) in [5, 5.41) is 0.735. The molecule has 0 atom stereocenters. The van der Waals surface area contributed by atoms with Crippen LogP contribution in [0.3, 0.4) is 0 Å². The maximum absolute atomic E-state index is 5.12. The molecule has 1 rings (SSSR count). The van der Waals surface area contributed by atoms with E-state index in [9.17, 15) is 0 Å². The molecule has 1 aliphatic rings. The van der Waals surface area contributed by atoms with E-state index >= 15 is 0 Å². The predicted octanol–water partition coefficient (Wildman–Crippen LogP) is 0.337. The van der Waals surface area contributed by atoms with Gasteiger partial charge < -0.3 is 22.3 Å². The number of hydrogen-bond acceptors (Lipinski definition) is 3. The smallest absolute Gasteiger partial charge is 0.0641 e. The van der Waals surface area contributed by atoms with Crippen molar-refractivity contribution in [2.24, 2.45) is 0 Å². The van der Waals surface area contributed by atoms with Crippen LogP contribution in [0.15, 0.2) is 11.6 Å². The maximum Gasteiger partial charge on any atom is 0.0641 e. The molecule has 0 saturated carbocycles. The second kappa shape index (κ2) is 3.03. The first kappa shape index (κ1) is 6.83. The summed E-state index contributed by atoms with van der Waals surface area (Å²) in [6, 6.07) is 0. The molecule has 2 nitrogen and oxygen atoms in total. The van der Waals surface area contributed by atoms with Crippen molar-refractivity contribution in [3.63, 3.8) is 0 Å². The number of hydrogen-bond donors (Lipinski definition) is 0. The van der Waals surface area contributed by atoms with Crippen LogP contribution in [0.25, 0.3) is 0 Å². The van der Waals surface area contributed by atoms with E-state index in [1.54, 1.807) is 0 Å². The Hall–Kier alpha value is -0.280. The van der Waals surface area contributed by atoms with Crippen molar-refractivity contribution in [2.45, 2.75) is 0 Å². The van der Waals surface area contributed by atoms with E-state index in [2.05, 4.69) is 11.5 Å². The van der Waals surface area contributed by atoms with Gasteiger partial charge in [-0.3, -0.25) is 0 Å². The van der Waals surface area contributed by atoms with Gasteiger partial charge in [-0.05, 0) is 0 Å². The van der Waals surface area contributed by atoms with Gasteiger partial charge in [0.1, 0.15) is 0 Å². The van der Waals surface area contributed by atoms with Crippen LogP contribution in [0, 0.1) is 0 Å². The van der Waals surface area contributed by atoms with Gasteiger partial charge in [0.05, 0.1) is 13.2 Å². The van der Waals surface area contributed by atoms with Gasteiger partial charge in [-0.25, -0.2) is 0 Å². The molecule has 0 N–H and O–H groups in total. The molecule has 0 radical (unpaired) electrons. The number of ether oxygens (including phenoxy) is 1. The average molecular weight is 144 g/mol. The van der Waals surface area contributed by atoms with E-state index < -0.39 is 0 Å². The molecule has 0 aromatic carbocycles. The Bertz CT molecular complexity index is 110. The molecule has 52 valence electrons. The summed E-state index contributed by atoms with van der Waals surface area (Å²) < 4.78 is 5.12. The molecular weight excluding hydrogens is 134 g/mol. The summed E-state index contributed by atoms with van der Waals surface area (Å²) in [5.41, 5.74) is 0. The summed E-state index contributed by atoms with van der Waals surface area (Å²) in [7, 11) is 0. The van der Waals surface area contributed by atoms with Gasteiger partial charge in [-0.15, -0.1) is 11.6 Å². The van der Waals surface area contributed by atoms with E-state index in [0.29, 0.717) is 0 Å². The van der Waals surface area contributed by atoms with Crippen molar-refractivity contribution in [2.75, 3.05) is 26.3 Å². The largest absolute Gasteiger partial charge is 0.763 e. The van der Waals surface area contributed by atoms with Crippen molar-refractivity contribution in [3.8, 4) is 0 Å². The SMILES string of the molecule is C=C([S-])N1CCOCC1. The lowest BCUT2D eigenvalue weighted by atomic mass is 10.4. The minimum absolute atomic E-state index is 0.735. The molecular formula is C6H10NOS-. The monoisotopic (exact) mass is 144 g/mol. The molecule has 0 spiro atoms. The third kappa shape index (κ3) is 1.84.